The van der Waals surface area contributed by atoms with Crippen LogP contribution in [0.3, 0.4) is 0 Å². The lowest BCUT2D eigenvalue weighted by Gasteiger charge is -2.34. The molecular weight excluding hydrogens is 330 g/mol. The summed E-state index contributed by atoms with van der Waals surface area (Å²) in [5, 5.41) is 13.2. The predicted molar refractivity (Wildman–Crippen MR) is 95.9 cm³/mol. The van der Waals surface area contributed by atoms with Gasteiger partial charge >= 0.3 is 5.97 Å². The van der Waals surface area contributed by atoms with Crippen molar-refractivity contribution in [2.24, 2.45) is 5.92 Å². The van der Waals surface area contributed by atoms with Crippen molar-refractivity contribution < 1.29 is 14.7 Å². The van der Waals surface area contributed by atoms with Gasteiger partial charge in [0.25, 0.3) is 0 Å². The van der Waals surface area contributed by atoms with E-state index >= 15 is 0 Å². The van der Waals surface area contributed by atoms with Crippen LogP contribution in [0.1, 0.15) is 53.6 Å². The zero-order chi connectivity index (χ0) is 18.1. The number of hydrogen-bond acceptors (Lipinski definition) is 3. The summed E-state index contributed by atoms with van der Waals surface area (Å²) in [6.07, 6.45) is 6.84. The number of amides is 1. The van der Waals surface area contributed by atoms with Gasteiger partial charge in [0.1, 0.15) is 0 Å². The zero-order valence-electron chi connectivity index (χ0n) is 14.6. The van der Waals surface area contributed by atoms with Crippen LogP contribution >= 0.6 is 0 Å². The molecule has 0 radical (unpaired) electrons. The molecule has 1 saturated carbocycles. The fourth-order valence-corrected chi connectivity index (χ4v) is 3.90. The van der Waals surface area contributed by atoms with Crippen LogP contribution in [0.25, 0.3) is 0 Å². The molecule has 1 atom stereocenters. The second-order valence-electron chi connectivity index (χ2n) is 7.30. The number of piperidine rings is 1. The molecule has 6 nitrogen and oxygen atoms in total. The van der Waals surface area contributed by atoms with Crippen LogP contribution in [-0.4, -0.2) is 44.8 Å². The van der Waals surface area contributed by atoms with Gasteiger partial charge in [0.05, 0.1) is 23.7 Å². The van der Waals surface area contributed by atoms with Gasteiger partial charge < -0.3 is 10.0 Å². The van der Waals surface area contributed by atoms with E-state index < -0.39 is 5.97 Å². The van der Waals surface area contributed by atoms with Crippen LogP contribution in [0, 0.1) is 5.92 Å². The molecule has 1 N–H and O–H groups in total. The van der Waals surface area contributed by atoms with Gasteiger partial charge in [-0.05, 0) is 37.2 Å². The first-order valence-electron chi connectivity index (χ1n) is 9.24. The highest BCUT2D eigenvalue weighted by atomic mass is 16.4. The summed E-state index contributed by atoms with van der Waals surface area (Å²) in [4.78, 5) is 26.1. The van der Waals surface area contributed by atoms with Crippen molar-refractivity contribution in [3.63, 3.8) is 0 Å². The first-order valence-corrected chi connectivity index (χ1v) is 9.24. The number of nitrogens with zero attached hydrogens (tertiary/aromatic N) is 3. The van der Waals surface area contributed by atoms with Crippen LogP contribution < -0.4 is 0 Å². The van der Waals surface area contributed by atoms with Crippen molar-refractivity contribution in [1.82, 2.24) is 14.7 Å². The van der Waals surface area contributed by atoms with Gasteiger partial charge in [-0.15, -0.1) is 0 Å². The normalized spacial score (nSPS) is 19.3. The number of aromatic carboxylic acids is 1. The van der Waals surface area contributed by atoms with Crippen LogP contribution in [0.5, 0.6) is 0 Å². The Morgan fingerprint density at radius 3 is 2.35 bits per heavy atom. The van der Waals surface area contributed by atoms with Crippen molar-refractivity contribution in [1.29, 1.82) is 0 Å². The van der Waals surface area contributed by atoms with E-state index in [-0.39, 0.29) is 23.4 Å². The number of carboxylic acid groups (broad SMARTS) is 1. The maximum Gasteiger partial charge on any atom is 0.338 e. The van der Waals surface area contributed by atoms with Crippen molar-refractivity contribution >= 4 is 11.9 Å². The number of hydrogen-bond donors (Lipinski definition) is 1. The molecule has 4 rings (SSSR count). The molecule has 1 saturated heterocycles. The average Bonchev–Trinajstić information content (AvgIpc) is 3.36. The van der Waals surface area contributed by atoms with E-state index in [0.717, 1.165) is 31.2 Å². The highest BCUT2D eigenvalue weighted by Gasteiger charge is 2.40. The molecule has 1 aromatic carbocycles. The number of rotatable bonds is 5. The predicted octanol–water partition coefficient (Wildman–Crippen LogP) is 2.94. The lowest BCUT2D eigenvalue weighted by Crippen LogP contribution is -2.42. The van der Waals surface area contributed by atoms with Gasteiger partial charge in [-0.3, -0.25) is 9.48 Å². The monoisotopic (exact) mass is 353 g/mol. The zero-order valence-corrected chi connectivity index (χ0v) is 14.6. The average molecular weight is 353 g/mol. The van der Waals surface area contributed by atoms with E-state index in [0.29, 0.717) is 19.0 Å². The van der Waals surface area contributed by atoms with E-state index in [9.17, 15) is 9.59 Å². The number of benzene rings is 1. The lowest BCUT2D eigenvalue weighted by molar-refractivity contribution is -0.134. The van der Waals surface area contributed by atoms with Crippen molar-refractivity contribution in [3.8, 4) is 0 Å². The van der Waals surface area contributed by atoms with E-state index in [2.05, 4.69) is 17.2 Å². The van der Waals surface area contributed by atoms with Crippen molar-refractivity contribution in [3.05, 3.63) is 53.9 Å². The Morgan fingerprint density at radius 2 is 1.77 bits per heavy atom. The molecule has 2 aromatic rings. The Labute approximate surface area is 152 Å². The molecule has 26 heavy (non-hydrogen) atoms. The maximum absolute atomic E-state index is 13.1. The van der Waals surface area contributed by atoms with E-state index in [4.69, 9.17) is 5.11 Å². The summed E-state index contributed by atoms with van der Waals surface area (Å²) < 4.78 is 1.74. The summed E-state index contributed by atoms with van der Waals surface area (Å²) in [6.45, 7) is 1.39. The highest BCUT2D eigenvalue weighted by molar-refractivity contribution is 5.87. The first-order chi connectivity index (χ1) is 12.6. The minimum atomic E-state index is -0.959. The van der Waals surface area contributed by atoms with Gasteiger partial charge in [0.15, 0.2) is 0 Å². The quantitative estimate of drug-likeness (QED) is 0.897. The lowest BCUT2D eigenvalue weighted by atomic mass is 9.91. The molecule has 6 heteroatoms. The highest BCUT2D eigenvalue weighted by Crippen LogP contribution is 2.44. The third-order valence-electron chi connectivity index (χ3n) is 5.52. The van der Waals surface area contributed by atoms with E-state index in [1.807, 2.05) is 23.1 Å². The molecular formula is C20H23N3O3. The van der Waals surface area contributed by atoms with Crippen molar-refractivity contribution in [2.75, 3.05) is 13.1 Å². The Bertz CT molecular complexity index is 790. The minimum Gasteiger partial charge on any atom is -0.478 e. The molecule has 0 spiro atoms. The Hall–Kier alpha value is -2.63. The summed E-state index contributed by atoms with van der Waals surface area (Å²) in [6, 6.07) is 10.3. The van der Waals surface area contributed by atoms with Gasteiger partial charge in [-0.25, -0.2) is 4.79 Å². The molecule has 1 aliphatic heterocycles. The topological polar surface area (TPSA) is 75.4 Å². The fourth-order valence-electron chi connectivity index (χ4n) is 3.90. The largest absolute Gasteiger partial charge is 0.478 e. The molecule has 136 valence electrons. The summed E-state index contributed by atoms with van der Waals surface area (Å²) >= 11 is 0. The summed E-state index contributed by atoms with van der Waals surface area (Å²) in [5.41, 5.74) is 1.33. The maximum atomic E-state index is 13.1. The fraction of sp³-hybridized carbons (Fsp3) is 0.450. The molecule has 1 aliphatic carbocycles. The smallest absolute Gasteiger partial charge is 0.338 e. The second kappa shape index (κ2) is 6.94. The Kier molecular flexibility index (Phi) is 4.49. The molecule has 2 aliphatic rings. The van der Waals surface area contributed by atoms with E-state index in [1.54, 1.807) is 10.9 Å². The van der Waals surface area contributed by atoms with Crippen LogP contribution in [0.2, 0.25) is 0 Å². The number of likely N-dealkylation sites (tertiary alicyclic amines) is 1. The summed E-state index contributed by atoms with van der Waals surface area (Å²) in [7, 11) is 0. The Morgan fingerprint density at radius 1 is 1.08 bits per heavy atom. The number of carbonyl (C=O) groups is 2. The second-order valence-corrected chi connectivity index (χ2v) is 7.30. The van der Waals surface area contributed by atoms with Gasteiger partial charge in [-0.1, -0.05) is 30.3 Å². The molecule has 2 fully saturated rings. The van der Waals surface area contributed by atoms with E-state index in [1.165, 1.54) is 6.20 Å². The number of carbonyl (C=O) groups excluding carboxylic acids is 1. The first kappa shape index (κ1) is 16.8. The number of carboxylic acids is 1. The molecule has 1 amide bonds. The Balaban J connectivity index is 1.42. The molecule has 1 aromatic heterocycles. The van der Waals surface area contributed by atoms with Gasteiger partial charge in [0, 0.05) is 19.3 Å². The minimum absolute atomic E-state index is 0.0175. The van der Waals surface area contributed by atoms with Gasteiger partial charge in [0.2, 0.25) is 5.91 Å². The SMILES string of the molecule is O=C(O)c1cnn(C2CCN(C(=O)C(c3ccccc3)C3CC3)CC2)c1. The summed E-state index contributed by atoms with van der Waals surface area (Å²) in [5.74, 6) is -0.259. The molecule has 0 bridgehead atoms. The van der Waals surface area contributed by atoms with Crippen molar-refractivity contribution in [2.45, 2.75) is 37.6 Å². The molecule has 1 unspecified atom stereocenters. The third kappa shape index (κ3) is 3.36. The molecule has 2 heterocycles. The van der Waals surface area contributed by atoms with Crippen LogP contribution in [-0.2, 0) is 4.79 Å². The van der Waals surface area contributed by atoms with Crippen LogP contribution in [0.15, 0.2) is 42.7 Å². The van der Waals surface area contributed by atoms with Crippen LogP contribution in [0.4, 0.5) is 0 Å². The third-order valence-corrected chi connectivity index (χ3v) is 5.52. The number of aromatic nitrogens is 2. The van der Waals surface area contributed by atoms with Gasteiger partial charge in [-0.2, -0.15) is 5.10 Å². The standard InChI is InChI=1S/C20H23N3O3/c24-19(18(15-6-7-15)14-4-2-1-3-5-14)22-10-8-17(9-11-22)23-13-16(12-21-23)20(25)26/h1-5,12-13,15,17-18H,6-11H2,(H,25,26).